The van der Waals surface area contributed by atoms with E-state index in [1.807, 2.05) is 45.0 Å². The van der Waals surface area contributed by atoms with E-state index in [4.69, 9.17) is 9.15 Å². The molecule has 110 valence electrons. The molecule has 0 saturated carbocycles. The molecule has 2 aromatic rings. The summed E-state index contributed by atoms with van der Waals surface area (Å²) in [5, 5.41) is 3.71. The highest BCUT2D eigenvalue weighted by molar-refractivity contribution is 5.78. The minimum absolute atomic E-state index is 0.413. The average molecular weight is 285 g/mol. The number of carbonyl (C=O) groups is 1. The minimum Gasteiger partial charge on any atom is -0.464 e. The van der Waals surface area contributed by atoms with Crippen LogP contribution >= 0.6 is 0 Å². The SMILES string of the molecule is CC(C)(C)OC(=O)NCCC#Cc1ccc2occc2c1. The van der Waals surface area contributed by atoms with Crippen LogP contribution in [0.15, 0.2) is 34.9 Å². The van der Waals surface area contributed by atoms with E-state index in [-0.39, 0.29) is 0 Å². The van der Waals surface area contributed by atoms with Gasteiger partial charge in [0.15, 0.2) is 0 Å². The molecular formula is C17H19NO3. The summed E-state index contributed by atoms with van der Waals surface area (Å²) in [5.41, 5.74) is 1.31. The number of amides is 1. The normalized spacial score (nSPS) is 10.8. The van der Waals surface area contributed by atoms with Crippen LogP contribution in [0.25, 0.3) is 11.0 Å². The van der Waals surface area contributed by atoms with Crippen molar-refractivity contribution >= 4 is 17.1 Å². The standard InChI is InChI=1S/C17H19NO3/c1-17(2,3)21-16(19)18-10-5-4-6-13-7-8-15-14(12-13)9-11-20-15/h7-9,11-12H,5,10H2,1-3H3,(H,18,19). The smallest absolute Gasteiger partial charge is 0.407 e. The molecule has 1 aromatic heterocycles. The van der Waals surface area contributed by atoms with E-state index in [1.54, 1.807) is 6.26 Å². The number of furan rings is 1. The second kappa shape index (κ2) is 6.36. The van der Waals surface area contributed by atoms with Gasteiger partial charge in [-0.3, -0.25) is 0 Å². The highest BCUT2D eigenvalue weighted by atomic mass is 16.6. The maximum absolute atomic E-state index is 11.4. The highest BCUT2D eigenvalue weighted by Crippen LogP contribution is 2.16. The monoisotopic (exact) mass is 285 g/mol. The van der Waals surface area contributed by atoms with Crippen LogP contribution in [0.1, 0.15) is 32.8 Å². The van der Waals surface area contributed by atoms with Gasteiger partial charge in [-0.05, 0) is 45.0 Å². The molecule has 1 amide bonds. The Balaban J connectivity index is 1.80. The number of hydrogen-bond donors (Lipinski definition) is 1. The molecule has 0 aliphatic rings. The van der Waals surface area contributed by atoms with Crippen LogP contribution in [0.4, 0.5) is 4.79 Å². The Bertz CT molecular complexity index is 683. The Kier molecular flexibility index (Phi) is 4.54. The lowest BCUT2D eigenvalue weighted by molar-refractivity contribution is 0.0529. The molecule has 0 bridgehead atoms. The number of alkyl carbamates (subject to hydrolysis) is 1. The van der Waals surface area contributed by atoms with Crippen LogP contribution in [0, 0.1) is 11.8 Å². The summed E-state index contributed by atoms with van der Waals surface area (Å²) in [7, 11) is 0. The van der Waals surface area contributed by atoms with Gasteiger partial charge in [-0.1, -0.05) is 11.8 Å². The third kappa shape index (κ3) is 4.88. The van der Waals surface area contributed by atoms with Gasteiger partial charge in [0.25, 0.3) is 0 Å². The molecule has 0 saturated heterocycles. The number of rotatable bonds is 2. The first kappa shape index (κ1) is 15.0. The first-order valence-electron chi connectivity index (χ1n) is 6.87. The molecule has 4 heteroatoms. The molecule has 0 unspecified atom stereocenters. The van der Waals surface area contributed by atoms with Gasteiger partial charge < -0.3 is 14.5 Å². The maximum atomic E-state index is 11.4. The molecule has 0 fully saturated rings. The topological polar surface area (TPSA) is 51.5 Å². The first-order chi connectivity index (χ1) is 9.94. The zero-order valence-corrected chi connectivity index (χ0v) is 12.5. The largest absolute Gasteiger partial charge is 0.464 e. The summed E-state index contributed by atoms with van der Waals surface area (Å²) in [6.45, 7) is 5.96. The molecule has 1 aromatic carbocycles. The third-order valence-electron chi connectivity index (χ3n) is 2.60. The third-order valence-corrected chi connectivity index (χ3v) is 2.60. The fourth-order valence-corrected chi connectivity index (χ4v) is 1.75. The lowest BCUT2D eigenvalue weighted by Gasteiger charge is -2.19. The first-order valence-corrected chi connectivity index (χ1v) is 6.87. The van der Waals surface area contributed by atoms with Crippen molar-refractivity contribution in [3.8, 4) is 11.8 Å². The van der Waals surface area contributed by atoms with Crippen LogP contribution < -0.4 is 5.32 Å². The maximum Gasteiger partial charge on any atom is 0.407 e. The van der Waals surface area contributed by atoms with Crippen LogP contribution in [0.2, 0.25) is 0 Å². The molecule has 21 heavy (non-hydrogen) atoms. The van der Waals surface area contributed by atoms with Gasteiger partial charge in [-0.25, -0.2) is 4.79 Å². The van der Waals surface area contributed by atoms with Crippen LogP contribution in [-0.4, -0.2) is 18.2 Å². The van der Waals surface area contributed by atoms with E-state index in [1.165, 1.54) is 0 Å². The highest BCUT2D eigenvalue weighted by Gasteiger charge is 2.15. The number of benzene rings is 1. The Labute approximate surface area is 124 Å². The van der Waals surface area contributed by atoms with Gasteiger partial charge in [0.2, 0.25) is 0 Å². The van der Waals surface area contributed by atoms with Crippen LogP contribution in [-0.2, 0) is 4.74 Å². The van der Waals surface area contributed by atoms with Crippen molar-refractivity contribution in [3.63, 3.8) is 0 Å². The van der Waals surface area contributed by atoms with Gasteiger partial charge in [0.1, 0.15) is 11.2 Å². The van der Waals surface area contributed by atoms with Crippen LogP contribution in [0.3, 0.4) is 0 Å². The number of fused-ring (bicyclic) bond motifs is 1. The van der Waals surface area contributed by atoms with Crippen molar-refractivity contribution in [1.82, 2.24) is 5.32 Å². The van der Waals surface area contributed by atoms with E-state index >= 15 is 0 Å². The van der Waals surface area contributed by atoms with Crippen LogP contribution in [0.5, 0.6) is 0 Å². The molecule has 4 nitrogen and oxygen atoms in total. The Hall–Kier alpha value is -2.41. The van der Waals surface area contributed by atoms with E-state index < -0.39 is 11.7 Å². The number of nitrogens with one attached hydrogen (secondary N) is 1. The molecule has 0 spiro atoms. The minimum atomic E-state index is -0.476. The van der Waals surface area contributed by atoms with Crippen molar-refractivity contribution in [2.75, 3.05) is 6.54 Å². The number of carbonyl (C=O) groups excluding carboxylic acids is 1. The molecule has 1 N–H and O–H groups in total. The van der Waals surface area contributed by atoms with Gasteiger partial charge >= 0.3 is 6.09 Å². The van der Waals surface area contributed by atoms with Crippen molar-refractivity contribution in [2.24, 2.45) is 0 Å². The predicted molar refractivity (Wildman–Crippen MR) is 81.9 cm³/mol. The molecule has 0 radical (unpaired) electrons. The molecule has 0 aliphatic heterocycles. The average Bonchev–Trinajstić information content (AvgIpc) is 2.83. The van der Waals surface area contributed by atoms with E-state index in [0.29, 0.717) is 13.0 Å². The predicted octanol–water partition coefficient (Wildman–Crippen LogP) is 3.70. The molecule has 0 aliphatic carbocycles. The fourth-order valence-electron chi connectivity index (χ4n) is 1.75. The fraction of sp³-hybridized carbons (Fsp3) is 0.353. The van der Waals surface area contributed by atoms with Gasteiger partial charge in [0.05, 0.1) is 6.26 Å². The van der Waals surface area contributed by atoms with Gasteiger partial charge in [0, 0.05) is 23.9 Å². The number of ether oxygens (including phenoxy) is 1. The zero-order valence-electron chi connectivity index (χ0n) is 12.5. The second-order valence-corrected chi connectivity index (χ2v) is 5.65. The lowest BCUT2D eigenvalue weighted by Crippen LogP contribution is -2.32. The summed E-state index contributed by atoms with van der Waals surface area (Å²) >= 11 is 0. The number of hydrogen-bond acceptors (Lipinski definition) is 3. The summed E-state index contributed by atoms with van der Waals surface area (Å²) in [5.74, 6) is 6.09. The zero-order chi connectivity index (χ0) is 15.3. The quantitative estimate of drug-likeness (QED) is 0.676. The van der Waals surface area contributed by atoms with Crippen molar-refractivity contribution in [2.45, 2.75) is 32.8 Å². The van der Waals surface area contributed by atoms with Gasteiger partial charge in [-0.2, -0.15) is 0 Å². The molecule has 0 atom stereocenters. The Morgan fingerprint density at radius 3 is 2.90 bits per heavy atom. The van der Waals surface area contributed by atoms with Gasteiger partial charge in [-0.15, -0.1) is 0 Å². The Morgan fingerprint density at radius 2 is 2.14 bits per heavy atom. The van der Waals surface area contributed by atoms with Crippen molar-refractivity contribution in [1.29, 1.82) is 0 Å². The second-order valence-electron chi connectivity index (χ2n) is 5.65. The van der Waals surface area contributed by atoms with Crippen molar-refractivity contribution < 1.29 is 13.9 Å². The summed E-state index contributed by atoms with van der Waals surface area (Å²) in [6.07, 6.45) is 1.82. The van der Waals surface area contributed by atoms with E-state index in [0.717, 1.165) is 16.5 Å². The Morgan fingerprint density at radius 1 is 1.33 bits per heavy atom. The summed E-state index contributed by atoms with van der Waals surface area (Å²) in [4.78, 5) is 11.4. The molecular weight excluding hydrogens is 266 g/mol. The van der Waals surface area contributed by atoms with E-state index in [2.05, 4.69) is 17.2 Å². The van der Waals surface area contributed by atoms with Crippen molar-refractivity contribution in [3.05, 3.63) is 36.1 Å². The molecule has 1 heterocycles. The summed E-state index contributed by atoms with van der Waals surface area (Å²) in [6, 6.07) is 7.70. The molecule has 2 rings (SSSR count). The lowest BCUT2D eigenvalue weighted by atomic mass is 10.1. The summed E-state index contributed by atoms with van der Waals surface area (Å²) < 4.78 is 10.4. The van der Waals surface area contributed by atoms with E-state index in [9.17, 15) is 4.79 Å².